The van der Waals surface area contributed by atoms with E-state index >= 15 is 0 Å². The van der Waals surface area contributed by atoms with E-state index < -0.39 is 18.0 Å². The van der Waals surface area contributed by atoms with Crippen molar-refractivity contribution in [2.45, 2.75) is 20.0 Å². The molecule has 0 saturated carbocycles. The number of halogens is 1. The van der Waals surface area contributed by atoms with Crippen molar-refractivity contribution in [3.63, 3.8) is 0 Å². The molecule has 150 valence electrons. The van der Waals surface area contributed by atoms with Gasteiger partial charge in [-0.25, -0.2) is 14.2 Å². The average Bonchev–Trinajstić information content (AvgIpc) is 3.10. The molecule has 1 amide bonds. The minimum atomic E-state index is -1.02. The molecular formula is C21H19FN2O4S. The molecule has 8 heteroatoms. The molecule has 0 aliphatic carbocycles. The highest BCUT2D eigenvalue weighted by atomic mass is 32.1. The van der Waals surface area contributed by atoms with Crippen LogP contribution < -0.4 is 10.1 Å². The van der Waals surface area contributed by atoms with E-state index in [-0.39, 0.29) is 5.82 Å². The van der Waals surface area contributed by atoms with Crippen LogP contribution in [0.2, 0.25) is 0 Å². The number of nitrogens with one attached hydrogen (secondary N) is 1. The van der Waals surface area contributed by atoms with Crippen molar-refractivity contribution in [1.29, 1.82) is 0 Å². The molecule has 1 heterocycles. The van der Waals surface area contributed by atoms with Gasteiger partial charge < -0.3 is 14.8 Å². The summed E-state index contributed by atoms with van der Waals surface area (Å²) in [7, 11) is 1.50. The van der Waals surface area contributed by atoms with Crippen LogP contribution in [0.4, 0.5) is 10.1 Å². The summed E-state index contributed by atoms with van der Waals surface area (Å²) in [5, 5.41) is 3.25. The molecule has 1 atom stereocenters. The van der Waals surface area contributed by atoms with Crippen LogP contribution in [0.15, 0.2) is 48.5 Å². The van der Waals surface area contributed by atoms with Crippen molar-refractivity contribution < 1.29 is 23.5 Å². The van der Waals surface area contributed by atoms with Gasteiger partial charge in [-0.3, -0.25) is 4.79 Å². The number of hydrogen-bond acceptors (Lipinski definition) is 6. The highest BCUT2D eigenvalue weighted by Gasteiger charge is 2.23. The van der Waals surface area contributed by atoms with Crippen molar-refractivity contribution in [1.82, 2.24) is 4.98 Å². The molecule has 6 nitrogen and oxygen atoms in total. The molecule has 0 unspecified atom stereocenters. The molecule has 0 fully saturated rings. The van der Waals surface area contributed by atoms with Crippen LogP contribution in [0.5, 0.6) is 5.75 Å². The van der Waals surface area contributed by atoms with Crippen molar-refractivity contribution >= 4 is 28.9 Å². The number of thiazole rings is 1. The average molecular weight is 414 g/mol. The predicted molar refractivity (Wildman–Crippen MR) is 109 cm³/mol. The van der Waals surface area contributed by atoms with Gasteiger partial charge in [-0.2, -0.15) is 0 Å². The van der Waals surface area contributed by atoms with E-state index in [0.29, 0.717) is 32.6 Å². The first-order valence-corrected chi connectivity index (χ1v) is 9.59. The summed E-state index contributed by atoms with van der Waals surface area (Å²) in [6.07, 6.45) is -1.02. The fraction of sp³-hybridized carbons (Fsp3) is 0.190. The number of benzene rings is 2. The number of carbonyl (C=O) groups is 2. The van der Waals surface area contributed by atoms with Crippen molar-refractivity contribution in [2.75, 3.05) is 12.4 Å². The SMILES string of the molecule is COc1ccccc1NC(=O)[C@@H](C)OC(=O)c1sc(-c2ccc(F)cc2)nc1C. The smallest absolute Gasteiger partial charge is 0.351 e. The summed E-state index contributed by atoms with van der Waals surface area (Å²) in [6.45, 7) is 3.17. The van der Waals surface area contributed by atoms with E-state index in [0.717, 1.165) is 11.3 Å². The largest absolute Gasteiger partial charge is 0.495 e. The Labute approximate surface area is 171 Å². The van der Waals surface area contributed by atoms with E-state index in [1.807, 2.05) is 0 Å². The number of rotatable bonds is 6. The molecule has 0 aliphatic rings. The molecule has 3 rings (SSSR count). The van der Waals surface area contributed by atoms with Gasteiger partial charge in [-0.1, -0.05) is 12.1 Å². The van der Waals surface area contributed by atoms with Crippen LogP contribution in [0, 0.1) is 12.7 Å². The first kappa shape index (κ1) is 20.5. The number of ether oxygens (including phenoxy) is 2. The topological polar surface area (TPSA) is 77.5 Å². The zero-order chi connectivity index (χ0) is 21.0. The van der Waals surface area contributed by atoms with E-state index in [2.05, 4.69) is 10.3 Å². The lowest BCUT2D eigenvalue weighted by molar-refractivity contribution is -0.123. The number of para-hydroxylation sites is 2. The zero-order valence-electron chi connectivity index (χ0n) is 16.1. The molecule has 29 heavy (non-hydrogen) atoms. The van der Waals surface area contributed by atoms with Crippen LogP contribution in [0.25, 0.3) is 10.6 Å². The van der Waals surface area contributed by atoms with Crippen molar-refractivity contribution in [2.24, 2.45) is 0 Å². The van der Waals surface area contributed by atoms with Gasteiger partial charge in [-0.05, 0) is 50.2 Å². The molecule has 0 radical (unpaired) electrons. The fourth-order valence-electron chi connectivity index (χ4n) is 2.55. The lowest BCUT2D eigenvalue weighted by Crippen LogP contribution is -2.30. The Bertz CT molecular complexity index is 1030. The van der Waals surface area contributed by atoms with Crippen LogP contribution in [0.1, 0.15) is 22.3 Å². The Morgan fingerprint density at radius 1 is 1.14 bits per heavy atom. The number of esters is 1. The summed E-state index contributed by atoms with van der Waals surface area (Å²) in [4.78, 5) is 29.6. The Balaban J connectivity index is 1.69. The van der Waals surface area contributed by atoms with Crippen LogP contribution >= 0.6 is 11.3 Å². The lowest BCUT2D eigenvalue weighted by atomic mass is 10.2. The van der Waals surface area contributed by atoms with Crippen molar-refractivity contribution in [3.8, 4) is 16.3 Å². The summed E-state index contributed by atoms with van der Waals surface area (Å²) in [5.41, 5.74) is 1.66. The zero-order valence-corrected chi connectivity index (χ0v) is 16.9. The Morgan fingerprint density at radius 3 is 2.52 bits per heavy atom. The van der Waals surface area contributed by atoms with Gasteiger partial charge in [0.2, 0.25) is 0 Å². The number of methoxy groups -OCH3 is 1. The van der Waals surface area contributed by atoms with Crippen molar-refractivity contribution in [3.05, 3.63) is 64.9 Å². The fourth-order valence-corrected chi connectivity index (χ4v) is 3.51. The number of anilines is 1. The Morgan fingerprint density at radius 2 is 1.83 bits per heavy atom. The predicted octanol–water partition coefficient (Wildman–Crippen LogP) is 4.45. The summed E-state index contributed by atoms with van der Waals surface area (Å²) in [6, 6.07) is 12.8. The van der Waals surface area contributed by atoms with Gasteiger partial charge in [0.15, 0.2) is 6.10 Å². The number of amides is 1. The third kappa shape index (κ3) is 4.78. The lowest BCUT2D eigenvalue weighted by Gasteiger charge is -2.14. The number of carbonyl (C=O) groups excluding carboxylic acids is 2. The van der Waals surface area contributed by atoms with Gasteiger partial charge >= 0.3 is 5.97 Å². The minimum absolute atomic E-state index is 0.293. The normalized spacial score (nSPS) is 11.6. The molecule has 0 bridgehead atoms. The second kappa shape index (κ2) is 8.83. The third-order valence-corrected chi connectivity index (χ3v) is 5.28. The van der Waals surface area contributed by atoms with Gasteiger partial charge in [0.1, 0.15) is 21.5 Å². The molecule has 2 aromatic carbocycles. The van der Waals surface area contributed by atoms with Crippen LogP contribution in [-0.2, 0) is 9.53 Å². The van der Waals surface area contributed by atoms with Crippen LogP contribution in [-0.4, -0.2) is 30.1 Å². The molecule has 0 spiro atoms. The number of aromatic nitrogens is 1. The summed E-state index contributed by atoms with van der Waals surface area (Å²) < 4.78 is 23.6. The minimum Gasteiger partial charge on any atom is -0.495 e. The molecular weight excluding hydrogens is 395 g/mol. The van der Waals surface area contributed by atoms with Gasteiger partial charge in [0, 0.05) is 5.56 Å². The summed E-state index contributed by atoms with van der Waals surface area (Å²) in [5.74, 6) is -0.974. The second-order valence-corrected chi connectivity index (χ2v) is 7.18. The molecule has 1 aromatic heterocycles. The second-order valence-electron chi connectivity index (χ2n) is 6.18. The number of aryl methyl sites for hydroxylation is 1. The first-order valence-electron chi connectivity index (χ1n) is 8.77. The highest BCUT2D eigenvalue weighted by Crippen LogP contribution is 2.29. The maximum atomic E-state index is 13.1. The quantitative estimate of drug-likeness (QED) is 0.603. The van der Waals surface area contributed by atoms with Gasteiger partial charge in [0.05, 0.1) is 18.5 Å². The maximum absolute atomic E-state index is 13.1. The highest BCUT2D eigenvalue weighted by molar-refractivity contribution is 7.17. The first-order chi connectivity index (χ1) is 13.9. The van der Waals surface area contributed by atoms with E-state index in [1.54, 1.807) is 43.3 Å². The van der Waals surface area contributed by atoms with E-state index in [9.17, 15) is 14.0 Å². The van der Waals surface area contributed by atoms with Crippen LogP contribution in [0.3, 0.4) is 0 Å². The van der Waals surface area contributed by atoms with Gasteiger partial charge in [-0.15, -0.1) is 11.3 Å². The number of nitrogens with zero attached hydrogens (tertiary/aromatic N) is 1. The Kier molecular flexibility index (Phi) is 6.23. The van der Waals surface area contributed by atoms with Gasteiger partial charge in [0.25, 0.3) is 5.91 Å². The third-order valence-electron chi connectivity index (χ3n) is 4.09. The standard InChI is InChI=1S/C21H19FN2O4S/c1-12-18(29-20(23-12)14-8-10-15(22)11-9-14)21(26)28-13(2)19(25)24-16-6-4-5-7-17(16)27-3/h4-11,13H,1-3H3,(H,24,25)/t13-/m1/s1. The molecule has 3 aromatic rings. The molecule has 1 N–H and O–H groups in total. The van der Waals surface area contributed by atoms with E-state index in [1.165, 1.54) is 26.2 Å². The molecule has 0 saturated heterocycles. The molecule has 0 aliphatic heterocycles. The Hall–Kier alpha value is -3.26. The van der Waals surface area contributed by atoms with E-state index in [4.69, 9.17) is 9.47 Å². The monoisotopic (exact) mass is 414 g/mol. The maximum Gasteiger partial charge on any atom is 0.351 e. The summed E-state index contributed by atoms with van der Waals surface area (Å²) >= 11 is 1.13. The number of hydrogen-bond donors (Lipinski definition) is 1.